The minimum atomic E-state index is -0.452. The number of hydrogen-bond donors (Lipinski definition) is 1. The Kier molecular flexibility index (Phi) is 7.49. The van der Waals surface area contributed by atoms with Gasteiger partial charge < -0.3 is 19.2 Å². The Morgan fingerprint density at radius 3 is 2.33 bits per heavy atom. The van der Waals surface area contributed by atoms with Crippen LogP contribution in [0, 0.1) is 0 Å². The number of carbonyl (C=O) groups excluding carboxylic acids is 1. The van der Waals surface area contributed by atoms with E-state index in [-0.39, 0.29) is 12.7 Å². The zero-order valence-corrected chi connectivity index (χ0v) is 18.0. The van der Waals surface area contributed by atoms with Crippen LogP contribution in [0.2, 0.25) is 5.02 Å². The van der Waals surface area contributed by atoms with E-state index in [2.05, 4.69) is 9.97 Å². The highest BCUT2D eigenvalue weighted by Crippen LogP contribution is 2.28. The number of carbonyl (C=O) groups is 1. The normalized spacial score (nSPS) is 11.0. The first kappa shape index (κ1) is 21.9. The summed E-state index contributed by atoms with van der Waals surface area (Å²) < 4.78 is 16.3. The highest BCUT2D eigenvalue weighted by molar-refractivity contribution is 6.30. The fourth-order valence-electron chi connectivity index (χ4n) is 2.83. The number of nitrogens with zero attached hydrogens (tertiary/aromatic N) is 1. The van der Waals surface area contributed by atoms with Gasteiger partial charge in [-0.3, -0.25) is 0 Å². The van der Waals surface area contributed by atoms with Crippen molar-refractivity contribution in [1.82, 2.24) is 9.97 Å². The molecule has 1 heterocycles. The van der Waals surface area contributed by atoms with Gasteiger partial charge in [0.2, 0.25) is 0 Å². The Labute approximate surface area is 181 Å². The third-order valence-corrected chi connectivity index (χ3v) is 4.48. The summed E-state index contributed by atoms with van der Waals surface area (Å²) in [5, 5.41) is 0.613. The summed E-state index contributed by atoms with van der Waals surface area (Å²) in [6.45, 7) is 7.03. The van der Waals surface area contributed by atoms with Crippen LogP contribution in [0.25, 0.3) is 22.6 Å². The Balaban J connectivity index is 1.82. The van der Waals surface area contributed by atoms with Gasteiger partial charge in [0, 0.05) is 16.1 Å². The Morgan fingerprint density at radius 2 is 1.70 bits per heavy atom. The van der Waals surface area contributed by atoms with Crippen LogP contribution in [-0.4, -0.2) is 41.9 Å². The molecule has 158 valence electrons. The zero-order chi connectivity index (χ0) is 21.5. The molecule has 0 aliphatic rings. The minimum absolute atomic E-state index is 0.179. The Bertz CT molecular complexity index is 966. The van der Waals surface area contributed by atoms with Crippen molar-refractivity contribution in [3.05, 3.63) is 59.2 Å². The number of aromatic nitrogens is 2. The molecule has 0 amide bonds. The molecule has 0 saturated heterocycles. The Morgan fingerprint density at radius 1 is 1.03 bits per heavy atom. The molecule has 2 aromatic carbocycles. The van der Waals surface area contributed by atoms with Crippen LogP contribution in [0.1, 0.15) is 31.3 Å². The highest BCUT2D eigenvalue weighted by Gasteiger charge is 2.20. The predicted octanol–water partition coefficient (Wildman–Crippen LogP) is 5.38. The van der Waals surface area contributed by atoms with Crippen molar-refractivity contribution >= 4 is 17.6 Å². The molecule has 0 unspecified atom stereocenters. The number of rotatable bonds is 9. The highest BCUT2D eigenvalue weighted by atomic mass is 35.5. The number of halogens is 1. The van der Waals surface area contributed by atoms with Crippen molar-refractivity contribution < 1.29 is 19.0 Å². The van der Waals surface area contributed by atoms with Crippen LogP contribution in [0.3, 0.4) is 0 Å². The number of esters is 1. The van der Waals surface area contributed by atoms with Gasteiger partial charge in [-0.05, 0) is 57.2 Å². The lowest BCUT2D eigenvalue weighted by atomic mass is 10.1. The summed E-state index contributed by atoms with van der Waals surface area (Å²) in [4.78, 5) is 20.2. The van der Waals surface area contributed by atoms with Crippen LogP contribution in [0.4, 0.5) is 0 Å². The van der Waals surface area contributed by atoms with Crippen LogP contribution in [0.5, 0.6) is 5.75 Å². The number of hydrogen-bond acceptors (Lipinski definition) is 5. The number of nitrogens with one attached hydrogen (secondary N) is 1. The summed E-state index contributed by atoms with van der Waals surface area (Å²) in [7, 11) is 0. The lowest BCUT2D eigenvalue weighted by Gasteiger charge is -2.09. The third kappa shape index (κ3) is 5.62. The van der Waals surface area contributed by atoms with E-state index in [4.69, 9.17) is 25.8 Å². The second-order valence-corrected chi connectivity index (χ2v) is 7.27. The van der Waals surface area contributed by atoms with Gasteiger partial charge in [0.15, 0.2) is 5.69 Å². The van der Waals surface area contributed by atoms with Crippen molar-refractivity contribution in [3.8, 4) is 28.4 Å². The second kappa shape index (κ2) is 10.3. The summed E-state index contributed by atoms with van der Waals surface area (Å²) in [6.07, 6.45) is 0.179. The minimum Gasteiger partial charge on any atom is -0.491 e. The molecule has 0 saturated carbocycles. The quantitative estimate of drug-likeness (QED) is 0.366. The smallest absolute Gasteiger partial charge is 0.357 e. The van der Waals surface area contributed by atoms with Gasteiger partial charge in [-0.25, -0.2) is 9.78 Å². The van der Waals surface area contributed by atoms with Gasteiger partial charge in [-0.1, -0.05) is 23.7 Å². The summed E-state index contributed by atoms with van der Waals surface area (Å²) in [5.41, 5.74) is 2.42. The molecule has 1 aromatic heterocycles. The monoisotopic (exact) mass is 428 g/mol. The number of H-pyrrole nitrogens is 1. The van der Waals surface area contributed by atoms with Gasteiger partial charge in [-0.15, -0.1) is 0 Å². The number of imidazole rings is 1. The van der Waals surface area contributed by atoms with Crippen molar-refractivity contribution in [2.24, 2.45) is 0 Å². The van der Waals surface area contributed by atoms with Crippen LogP contribution in [-0.2, 0) is 9.47 Å². The molecular formula is C23H25ClN2O4. The van der Waals surface area contributed by atoms with Crippen LogP contribution >= 0.6 is 11.6 Å². The van der Waals surface area contributed by atoms with E-state index < -0.39 is 5.97 Å². The molecule has 30 heavy (non-hydrogen) atoms. The molecule has 3 rings (SSSR count). The van der Waals surface area contributed by atoms with Gasteiger partial charge >= 0.3 is 5.97 Å². The molecule has 0 spiro atoms. The molecule has 0 radical (unpaired) electrons. The van der Waals surface area contributed by atoms with Crippen molar-refractivity contribution in [2.45, 2.75) is 26.9 Å². The molecule has 0 fully saturated rings. The lowest BCUT2D eigenvalue weighted by molar-refractivity contribution is 0.0521. The van der Waals surface area contributed by atoms with E-state index in [1.54, 1.807) is 19.1 Å². The zero-order valence-electron chi connectivity index (χ0n) is 17.3. The molecular weight excluding hydrogens is 404 g/mol. The molecule has 0 bridgehead atoms. The SMILES string of the molecule is CCOC(=O)c1[nH]c(-c2ccc(OCCOC(C)C)cc2)nc1-c1ccc(Cl)cc1. The van der Waals surface area contributed by atoms with Gasteiger partial charge in [0.1, 0.15) is 23.9 Å². The van der Waals surface area contributed by atoms with Crippen molar-refractivity contribution in [2.75, 3.05) is 19.8 Å². The van der Waals surface area contributed by atoms with E-state index in [0.29, 0.717) is 35.4 Å². The van der Waals surface area contributed by atoms with E-state index in [1.807, 2.05) is 50.2 Å². The maximum absolute atomic E-state index is 12.4. The second-order valence-electron chi connectivity index (χ2n) is 6.83. The molecule has 3 aromatic rings. The molecule has 7 heteroatoms. The summed E-state index contributed by atoms with van der Waals surface area (Å²) in [5.74, 6) is 0.852. The maximum Gasteiger partial charge on any atom is 0.357 e. The molecule has 6 nitrogen and oxygen atoms in total. The van der Waals surface area contributed by atoms with Gasteiger partial charge in [-0.2, -0.15) is 0 Å². The topological polar surface area (TPSA) is 73.4 Å². The summed E-state index contributed by atoms with van der Waals surface area (Å²) >= 11 is 5.99. The van der Waals surface area contributed by atoms with E-state index >= 15 is 0 Å². The Hall–Kier alpha value is -2.83. The standard InChI is InChI=1S/C23H25ClN2O4/c1-4-28-23(27)21-20(16-5-9-18(24)10-6-16)25-22(26-21)17-7-11-19(12-8-17)30-14-13-29-15(2)3/h5-12,15H,4,13-14H2,1-3H3,(H,25,26). The number of ether oxygens (including phenoxy) is 3. The van der Waals surface area contributed by atoms with Crippen molar-refractivity contribution in [3.63, 3.8) is 0 Å². The average Bonchev–Trinajstić information content (AvgIpc) is 3.18. The molecule has 1 N–H and O–H groups in total. The van der Waals surface area contributed by atoms with E-state index in [9.17, 15) is 4.79 Å². The largest absolute Gasteiger partial charge is 0.491 e. The van der Waals surface area contributed by atoms with Gasteiger partial charge in [0.25, 0.3) is 0 Å². The third-order valence-electron chi connectivity index (χ3n) is 4.23. The first-order valence-corrected chi connectivity index (χ1v) is 10.2. The molecule has 0 atom stereocenters. The lowest BCUT2D eigenvalue weighted by Crippen LogP contribution is -2.11. The number of benzene rings is 2. The average molecular weight is 429 g/mol. The first-order valence-electron chi connectivity index (χ1n) is 9.85. The van der Waals surface area contributed by atoms with E-state index in [1.165, 1.54) is 0 Å². The van der Waals surface area contributed by atoms with Crippen LogP contribution < -0.4 is 4.74 Å². The fraction of sp³-hybridized carbons (Fsp3) is 0.304. The van der Waals surface area contributed by atoms with Gasteiger partial charge in [0.05, 0.1) is 19.3 Å². The van der Waals surface area contributed by atoms with Crippen molar-refractivity contribution in [1.29, 1.82) is 0 Å². The molecule has 0 aliphatic heterocycles. The first-order chi connectivity index (χ1) is 14.5. The predicted molar refractivity (Wildman–Crippen MR) is 117 cm³/mol. The van der Waals surface area contributed by atoms with Crippen LogP contribution in [0.15, 0.2) is 48.5 Å². The fourth-order valence-corrected chi connectivity index (χ4v) is 2.96. The maximum atomic E-state index is 12.4. The number of aromatic amines is 1. The van der Waals surface area contributed by atoms with E-state index in [0.717, 1.165) is 16.9 Å². The summed E-state index contributed by atoms with van der Waals surface area (Å²) in [6, 6.07) is 14.7. The molecule has 0 aliphatic carbocycles.